The van der Waals surface area contributed by atoms with Crippen LogP contribution in [-0.2, 0) is 33.6 Å². The maximum absolute atomic E-state index is 12.3. The Morgan fingerprint density at radius 3 is 1.12 bits per heavy atom. The van der Waals surface area contributed by atoms with Crippen LogP contribution in [0, 0.1) is 11.8 Å². The van der Waals surface area contributed by atoms with Gasteiger partial charge in [-0.05, 0) is 50.4 Å². The normalized spacial score (nSPS) is 14.6. The largest absolute Gasteiger partial charge is 0.481 e. The van der Waals surface area contributed by atoms with Crippen molar-refractivity contribution in [2.45, 2.75) is 78.6 Å². The zero-order valence-corrected chi connectivity index (χ0v) is 24.2. The van der Waals surface area contributed by atoms with Crippen LogP contribution in [0.15, 0.2) is 45.6 Å². The summed E-state index contributed by atoms with van der Waals surface area (Å²) < 4.78 is 0. The third kappa shape index (κ3) is 12.8. The van der Waals surface area contributed by atoms with Crippen LogP contribution >= 0.6 is 0 Å². The highest BCUT2D eigenvalue weighted by Gasteiger charge is 2.30. The summed E-state index contributed by atoms with van der Waals surface area (Å²) in [6.07, 6.45) is 0.151. The molecule has 0 radical (unpaired) electrons. The van der Waals surface area contributed by atoms with Crippen molar-refractivity contribution in [1.29, 1.82) is 0 Å². The fourth-order valence-electron chi connectivity index (χ4n) is 4.36. The zero-order chi connectivity index (χ0) is 33.4. The Labute approximate surface area is 247 Å². The van der Waals surface area contributed by atoms with E-state index in [1.54, 1.807) is 20.8 Å². The molecule has 0 heterocycles. The van der Waals surface area contributed by atoms with Gasteiger partial charge in [0.15, 0.2) is 0 Å². The monoisotopic (exact) mass is 610 g/mol. The lowest BCUT2D eigenvalue weighted by molar-refractivity contribution is -0.138. The van der Waals surface area contributed by atoms with E-state index < -0.39 is 119 Å². The van der Waals surface area contributed by atoms with E-state index in [4.69, 9.17) is 5.11 Å². The zero-order valence-electron chi connectivity index (χ0n) is 24.2. The molecule has 0 fully saturated rings. The molecule has 0 aromatic heterocycles. The predicted octanol–water partition coefficient (Wildman–Crippen LogP) is 3.83. The molecule has 0 spiro atoms. The Hall–Kier alpha value is -4.75. The summed E-state index contributed by atoms with van der Waals surface area (Å²) in [5.74, 6) is -12.7. The first-order chi connectivity index (χ1) is 20.0. The summed E-state index contributed by atoms with van der Waals surface area (Å²) in [5, 5.41) is 67.2. The summed E-state index contributed by atoms with van der Waals surface area (Å²) in [7, 11) is 0. The molecule has 14 nitrogen and oxygen atoms in total. The van der Waals surface area contributed by atoms with Crippen LogP contribution in [-0.4, -0.2) is 77.5 Å². The third-order valence-electron chi connectivity index (χ3n) is 6.81. The van der Waals surface area contributed by atoms with Crippen molar-refractivity contribution in [3.63, 3.8) is 0 Å². The molecular formula is C29H38O14. The van der Waals surface area contributed by atoms with Crippen molar-refractivity contribution >= 4 is 41.8 Å². The van der Waals surface area contributed by atoms with Gasteiger partial charge in [0.25, 0.3) is 0 Å². The maximum Gasteiger partial charge on any atom is 0.336 e. The van der Waals surface area contributed by atoms with E-state index in [9.17, 15) is 64.2 Å². The molecule has 0 aliphatic carbocycles. The van der Waals surface area contributed by atoms with Crippen LogP contribution in [0.2, 0.25) is 0 Å². The molecule has 0 aromatic carbocycles. The Kier molecular flexibility index (Phi) is 16.6. The van der Waals surface area contributed by atoms with Gasteiger partial charge in [0.2, 0.25) is 0 Å². The van der Waals surface area contributed by atoms with E-state index in [-0.39, 0.29) is 19.3 Å². The van der Waals surface area contributed by atoms with Crippen molar-refractivity contribution in [3.05, 3.63) is 45.6 Å². The standard InChI is InChI=1S/C29H38O14/c1-4-7-8-17(24(32)33)19(26(36)37)11-15(5-2)13-21(28(40)41)22(29(42)43)14-16(6-3)12-20(27(38)39)18(25(34)35)9-10-23(30)31/h7-8,15-16H,4-6,9-14H2,1-3H3,(H,30,31)(H,32,33)(H,34,35)(H,36,37)(H,38,39)(H,40,41)(H,42,43)/b8-7+,19-17-,20-18-,22-21+. The molecule has 0 bridgehead atoms. The van der Waals surface area contributed by atoms with Gasteiger partial charge in [-0.1, -0.05) is 45.8 Å². The van der Waals surface area contributed by atoms with Crippen molar-refractivity contribution in [3.8, 4) is 0 Å². The highest BCUT2D eigenvalue weighted by atomic mass is 16.4. The summed E-state index contributed by atoms with van der Waals surface area (Å²) in [6.45, 7) is 4.85. The lowest BCUT2D eigenvalue weighted by Crippen LogP contribution is -2.20. The van der Waals surface area contributed by atoms with Gasteiger partial charge >= 0.3 is 41.8 Å². The predicted molar refractivity (Wildman–Crippen MR) is 149 cm³/mol. The molecule has 0 aliphatic heterocycles. The maximum atomic E-state index is 12.3. The molecule has 43 heavy (non-hydrogen) atoms. The molecule has 0 amide bonds. The molecule has 0 saturated heterocycles. The highest BCUT2D eigenvalue weighted by molar-refractivity contribution is 6.01. The van der Waals surface area contributed by atoms with Crippen molar-refractivity contribution < 1.29 is 69.3 Å². The van der Waals surface area contributed by atoms with Crippen molar-refractivity contribution in [2.75, 3.05) is 0 Å². The van der Waals surface area contributed by atoms with Gasteiger partial charge in [-0.15, -0.1) is 0 Å². The molecule has 0 rings (SSSR count). The minimum Gasteiger partial charge on any atom is -0.481 e. The fraction of sp³-hybridized carbons (Fsp3) is 0.483. The van der Waals surface area contributed by atoms with Gasteiger partial charge in [-0.25, -0.2) is 28.8 Å². The lowest BCUT2D eigenvalue weighted by Gasteiger charge is -2.21. The van der Waals surface area contributed by atoms with Gasteiger partial charge in [-0.2, -0.15) is 0 Å². The summed E-state index contributed by atoms with van der Waals surface area (Å²) >= 11 is 0. The van der Waals surface area contributed by atoms with Gasteiger partial charge in [0.05, 0.1) is 11.1 Å². The SMILES string of the molecule is CC/C=C/C(C(=O)O)=C(\CC(CC)C/C(C(=O)O)=C(/CC(CC)C/C(C(=O)O)=C(\CCC(=O)O)C(=O)O)C(=O)O)C(=O)O. The Bertz CT molecular complexity index is 1230. The van der Waals surface area contributed by atoms with Crippen LogP contribution in [0.5, 0.6) is 0 Å². The Balaban J connectivity index is 6.76. The second-order valence-corrected chi connectivity index (χ2v) is 9.71. The first-order valence-electron chi connectivity index (χ1n) is 13.5. The third-order valence-corrected chi connectivity index (χ3v) is 6.81. The summed E-state index contributed by atoms with van der Waals surface area (Å²) in [5.41, 5.74) is -3.48. The number of hydrogen-bond donors (Lipinski definition) is 7. The molecule has 0 aromatic rings. The van der Waals surface area contributed by atoms with Gasteiger partial charge < -0.3 is 35.7 Å². The van der Waals surface area contributed by atoms with Gasteiger partial charge in [-0.3, -0.25) is 4.79 Å². The molecule has 2 unspecified atom stereocenters. The summed E-state index contributed by atoms with van der Waals surface area (Å²) in [6, 6.07) is 0. The second kappa shape index (κ2) is 18.6. The fourth-order valence-corrected chi connectivity index (χ4v) is 4.36. The molecule has 238 valence electrons. The number of rotatable bonds is 21. The molecule has 2 atom stereocenters. The number of hydrogen-bond acceptors (Lipinski definition) is 7. The van der Waals surface area contributed by atoms with E-state index in [0.29, 0.717) is 6.42 Å². The van der Waals surface area contributed by atoms with E-state index in [2.05, 4.69) is 0 Å². The summed E-state index contributed by atoms with van der Waals surface area (Å²) in [4.78, 5) is 82.8. The highest BCUT2D eigenvalue weighted by Crippen LogP contribution is 2.32. The van der Waals surface area contributed by atoms with Gasteiger partial charge in [0.1, 0.15) is 0 Å². The van der Waals surface area contributed by atoms with E-state index >= 15 is 0 Å². The first-order valence-corrected chi connectivity index (χ1v) is 13.5. The van der Waals surface area contributed by atoms with Gasteiger partial charge in [0, 0.05) is 28.7 Å². The van der Waals surface area contributed by atoms with E-state index in [1.807, 2.05) is 0 Å². The van der Waals surface area contributed by atoms with Crippen LogP contribution < -0.4 is 0 Å². The molecule has 14 heteroatoms. The number of aliphatic carboxylic acids is 7. The van der Waals surface area contributed by atoms with Crippen molar-refractivity contribution in [1.82, 2.24) is 0 Å². The van der Waals surface area contributed by atoms with Crippen molar-refractivity contribution in [2.24, 2.45) is 11.8 Å². The Morgan fingerprint density at radius 2 is 0.837 bits per heavy atom. The molecule has 7 N–H and O–H groups in total. The number of allylic oxidation sites excluding steroid dienone is 1. The quantitative estimate of drug-likeness (QED) is 0.0719. The topological polar surface area (TPSA) is 261 Å². The molecule has 0 saturated carbocycles. The molecular weight excluding hydrogens is 572 g/mol. The smallest absolute Gasteiger partial charge is 0.336 e. The van der Waals surface area contributed by atoms with Crippen LogP contribution in [0.1, 0.15) is 78.6 Å². The minimum atomic E-state index is -1.66. The number of carboxylic acids is 7. The van der Waals surface area contributed by atoms with E-state index in [0.717, 1.165) is 6.08 Å². The van der Waals surface area contributed by atoms with Crippen LogP contribution in [0.3, 0.4) is 0 Å². The van der Waals surface area contributed by atoms with Crippen LogP contribution in [0.4, 0.5) is 0 Å². The molecule has 0 aliphatic rings. The average Bonchev–Trinajstić information content (AvgIpc) is 2.90. The first kappa shape index (κ1) is 38.2. The number of carboxylic acid groups (broad SMARTS) is 7. The van der Waals surface area contributed by atoms with E-state index in [1.165, 1.54) is 6.08 Å². The minimum absolute atomic E-state index is 0.0983. The Morgan fingerprint density at radius 1 is 0.488 bits per heavy atom. The number of carbonyl (C=O) groups is 7. The second-order valence-electron chi connectivity index (χ2n) is 9.71. The lowest BCUT2D eigenvalue weighted by atomic mass is 9.83. The van der Waals surface area contributed by atoms with Crippen LogP contribution in [0.25, 0.3) is 0 Å². The average molecular weight is 611 g/mol.